The Morgan fingerprint density at radius 3 is 1.41 bits per heavy atom. The highest BCUT2D eigenvalue weighted by atomic mass is 16.4. The number of hydrogen-bond acceptors (Lipinski definition) is 12. The van der Waals surface area contributed by atoms with Gasteiger partial charge in [0.2, 0.25) is 23.6 Å². The van der Waals surface area contributed by atoms with E-state index in [-0.39, 0.29) is 11.8 Å². The minimum absolute atomic E-state index is 0.163. The molecule has 68 heavy (non-hydrogen) atoms. The smallest absolute Gasteiger partial charge is 0.226 e. The van der Waals surface area contributed by atoms with Gasteiger partial charge >= 0.3 is 0 Å². The van der Waals surface area contributed by atoms with Crippen LogP contribution in [0.2, 0.25) is 0 Å². The molecule has 5 aliphatic heterocycles. The fraction of sp³-hybridized carbons (Fsp3) is 0.630. The number of carbonyl (C=O) groups is 2. The minimum Gasteiger partial charge on any atom is -0.441 e. The number of hydrogen-bond donors (Lipinski definition) is 0. The van der Waals surface area contributed by atoms with Crippen LogP contribution in [0, 0.1) is 39.5 Å². The van der Waals surface area contributed by atoms with Crippen molar-refractivity contribution < 1.29 is 18.4 Å². The quantitative estimate of drug-likeness (QED) is 0.159. The molecule has 4 aromatic rings. The summed E-state index contributed by atoms with van der Waals surface area (Å²) < 4.78 is 12.0. The molecule has 2 amide bonds. The van der Waals surface area contributed by atoms with Crippen LogP contribution in [0.4, 0.5) is 0 Å². The zero-order valence-corrected chi connectivity index (χ0v) is 42.4. The highest BCUT2D eigenvalue weighted by Crippen LogP contribution is 2.30. The number of benzene rings is 2. The van der Waals surface area contributed by atoms with E-state index in [1.54, 1.807) is 0 Å². The van der Waals surface area contributed by atoms with Crippen molar-refractivity contribution in [2.75, 3.05) is 126 Å². The summed E-state index contributed by atoms with van der Waals surface area (Å²) in [6, 6.07) is 17.1. The zero-order chi connectivity index (χ0) is 47.7. The summed E-state index contributed by atoms with van der Waals surface area (Å²) in [5.74, 6) is 4.27. The number of nitrogens with zero attached hydrogens (tertiary/aromatic N) is 10. The van der Waals surface area contributed by atoms with Crippen LogP contribution in [0.1, 0.15) is 72.6 Å². The molecular weight excluding hydrogens is 853 g/mol. The van der Waals surface area contributed by atoms with Crippen molar-refractivity contribution in [1.29, 1.82) is 0 Å². The van der Waals surface area contributed by atoms with E-state index in [9.17, 15) is 9.59 Å². The molecule has 14 nitrogen and oxygen atoms in total. The monoisotopic (exact) mass is 933 g/mol. The van der Waals surface area contributed by atoms with Crippen LogP contribution in [0.15, 0.2) is 57.4 Å². The molecular formula is C54H80N10O4. The van der Waals surface area contributed by atoms with Gasteiger partial charge in [-0.2, -0.15) is 0 Å². The van der Waals surface area contributed by atoms with E-state index < -0.39 is 0 Å². The van der Waals surface area contributed by atoms with Crippen molar-refractivity contribution in [1.82, 2.24) is 49.2 Å². The molecule has 2 aromatic heterocycles. The van der Waals surface area contributed by atoms with Crippen molar-refractivity contribution in [3.8, 4) is 22.9 Å². The largest absolute Gasteiger partial charge is 0.441 e. The predicted octanol–water partition coefficient (Wildman–Crippen LogP) is 6.29. The molecule has 0 unspecified atom stereocenters. The fourth-order valence-electron chi connectivity index (χ4n) is 10.8. The topological polar surface area (TPSA) is 112 Å². The van der Waals surface area contributed by atoms with Crippen molar-refractivity contribution in [3.05, 3.63) is 82.6 Å². The third kappa shape index (κ3) is 12.8. The van der Waals surface area contributed by atoms with Crippen LogP contribution in [0.25, 0.3) is 22.9 Å². The number of piperazine rings is 2. The van der Waals surface area contributed by atoms with Gasteiger partial charge in [-0.3, -0.25) is 29.2 Å². The molecule has 370 valence electrons. The lowest BCUT2D eigenvalue weighted by molar-refractivity contribution is -0.140. The van der Waals surface area contributed by atoms with E-state index in [1.807, 2.05) is 38.1 Å². The van der Waals surface area contributed by atoms with E-state index in [0.717, 1.165) is 164 Å². The number of aromatic nitrogens is 2. The van der Waals surface area contributed by atoms with Crippen LogP contribution in [0.3, 0.4) is 0 Å². The molecule has 14 heteroatoms. The fourth-order valence-corrected chi connectivity index (χ4v) is 10.8. The Hall–Kier alpha value is -4.44. The number of carbonyl (C=O) groups excluding carboxylic acids is 2. The number of aryl methyl sites for hydroxylation is 4. The summed E-state index contributed by atoms with van der Waals surface area (Å²) in [6.07, 6.45) is 6.27. The molecule has 0 aliphatic carbocycles. The van der Waals surface area contributed by atoms with Crippen molar-refractivity contribution in [3.63, 3.8) is 0 Å². The van der Waals surface area contributed by atoms with Crippen LogP contribution in [-0.2, 0) is 22.7 Å². The molecule has 5 saturated heterocycles. The number of likely N-dealkylation sites (N-methyl/N-ethyl adjacent to an activating group) is 1. The number of oxazole rings is 2. The van der Waals surface area contributed by atoms with Gasteiger partial charge in [-0.25, -0.2) is 9.97 Å². The highest BCUT2D eigenvalue weighted by molar-refractivity contribution is 5.79. The molecule has 7 heterocycles. The Bertz CT molecular complexity index is 2230. The Morgan fingerprint density at radius 1 is 0.559 bits per heavy atom. The van der Waals surface area contributed by atoms with Gasteiger partial charge in [0.1, 0.15) is 11.5 Å². The van der Waals surface area contributed by atoms with Gasteiger partial charge in [0.15, 0.2) is 0 Å². The Balaban J connectivity index is 0.000000184. The molecule has 0 saturated carbocycles. The van der Waals surface area contributed by atoms with Crippen molar-refractivity contribution in [2.45, 2.75) is 85.4 Å². The normalized spacial score (nSPS) is 20.5. The Morgan fingerprint density at radius 2 is 0.985 bits per heavy atom. The van der Waals surface area contributed by atoms with E-state index in [2.05, 4.69) is 98.5 Å². The summed E-state index contributed by atoms with van der Waals surface area (Å²) >= 11 is 0. The van der Waals surface area contributed by atoms with Crippen molar-refractivity contribution in [2.24, 2.45) is 11.8 Å². The van der Waals surface area contributed by atoms with Crippen LogP contribution in [0.5, 0.6) is 0 Å². The molecule has 5 fully saturated rings. The maximum atomic E-state index is 13.2. The standard InChI is InChI=1S/C28H41N5O2.C26H39N5O2/c1-21-6-4-5-7-25(21)27-29-26(22(2)35-27)20-31-14-8-23(9-15-31)28(34)33-18-16-32(17-19-33)24-10-12-30(3)13-11-24;1-20-7-5-6-8-23(20)25-27-24(21(2)33-25)19-30-11-9-22(10-12-30)26(32)31-17-15-29(16-18-31)14-13-28(3)4/h4-7,23-24H,8-20H2,1-3H3;5-8,22H,9-19H2,1-4H3. The molecule has 5 aliphatic rings. The van der Waals surface area contributed by atoms with Crippen LogP contribution >= 0.6 is 0 Å². The minimum atomic E-state index is 0.163. The molecule has 0 atom stereocenters. The summed E-state index contributed by atoms with van der Waals surface area (Å²) in [5, 5.41) is 0. The SMILES string of the molecule is Cc1ccccc1-c1nc(CN2CCC(C(=O)N3CCN(C4CCN(C)CC4)CC3)CC2)c(C)o1.Cc1ccccc1-c1nc(CN2CCC(C(=O)N3CCN(CCN(C)C)CC3)CC2)c(C)o1. The molecule has 0 spiro atoms. The van der Waals surface area contributed by atoms with E-state index in [4.69, 9.17) is 18.8 Å². The second kappa shape index (κ2) is 23.4. The van der Waals surface area contributed by atoms with Gasteiger partial charge in [0, 0.05) is 108 Å². The first kappa shape index (κ1) is 50.0. The van der Waals surface area contributed by atoms with Crippen LogP contribution in [-0.4, -0.2) is 193 Å². The van der Waals surface area contributed by atoms with E-state index in [0.29, 0.717) is 29.6 Å². The molecule has 0 bridgehead atoms. The van der Waals surface area contributed by atoms with Gasteiger partial charge in [0.05, 0.1) is 11.4 Å². The molecule has 0 radical (unpaired) electrons. The second-order valence-electron chi connectivity index (χ2n) is 20.6. The number of rotatable bonds is 12. The Labute approximate surface area is 406 Å². The lowest BCUT2D eigenvalue weighted by Gasteiger charge is -2.43. The first-order valence-electron chi connectivity index (χ1n) is 25.7. The van der Waals surface area contributed by atoms with E-state index >= 15 is 0 Å². The molecule has 9 rings (SSSR count). The van der Waals surface area contributed by atoms with Gasteiger partial charge in [-0.05, 0) is 150 Å². The summed E-state index contributed by atoms with van der Waals surface area (Å²) in [5.41, 5.74) is 6.47. The average molecular weight is 933 g/mol. The maximum absolute atomic E-state index is 13.2. The predicted molar refractivity (Wildman–Crippen MR) is 269 cm³/mol. The number of piperidine rings is 3. The summed E-state index contributed by atoms with van der Waals surface area (Å²) in [7, 11) is 6.44. The molecule has 2 aromatic carbocycles. The van der Waals surface area contributed by atoms with Crippen molar-refractivity contribution >= 4 is 11.8 Å². The van der Waals surface area contributed by atoms with Gasteiger partial charge < -0.3 is 28.4 Å². The number of amides is 2. The second-order valence-corrected chi connectivity index (χ2v) is 20.6. The summed E-state index contributed by atoms with van der Waals surface area (Å²) in [6.45, 7) is 25.6. The summed E-state index contributed by atoms with van der Waals surface area (Å²) in [4.78, 5) is 54.8. The Kier molecular flexibility index (Phi) is 17.2. The zero-order valence-electron chi connectivity index (χ0n) is 42.4. The lowest BCUT2D eigenvalue weighted by Crippen LogP contribution is -2.55. The first-order chi connectivity index (χ1) is 32.9. The third-order valence-electron chi connectivity index (χ3n) is 15.5. The average Bonchev–Trinajstić information content (AvgIpc) is 3.91. The lowest BCUT2D eigenvalue weighted by atomic mass is 9.94. The first-order valence-corrected chi connectivity index (χ1v) is 25.7. The maximum Gasteiger partial charge on any atom is 0.226 e. The third-order valence-corrected chi connectivity index (χ3v) is 15.5. The number of likely N-dealkylation sites (tertiary alicyclic amines) is 3. The van der Waals surface area contributed by atoms with Gasteiger partial charge in [-0.15, -0.1) is 0 Å². The van der Waals surface area contributed by atoms with E-state index in [1.165, 1.54) is 37.1 Å². The van der Waals surface area contributed by atoms with Gasteiger partial charge in [0.25, 0.3) is 0 Å². The highest BCUT2D eigenvalue weighted by Gasteiger charge is 2.34. The van der Waals surface area contributed by atoms with Crippen LogP contribution < -0.4 is 0 Å². The van der Waals surface area contributed by atoms with Gasteiger partial charge in [-0.1, -0.05) is 36.4 Å². The molecule has 0 N–H and O–H groups in total.